The first-order valence-electron chi connectivity index (χ1n) is 6.88. The molecule has 0 bridgehead atoms. The van der Waals surface area contributed by atoms with Gasteiger partial charge in [0.15, 0.2) is 0 Å². The Kier molecular flexibility index (Phi) is 4.26. The van der Waals surface area contributed by atoms with Gasteiger partial charge in [-0.1, -0.05) is 5.16 Å². The van der Waals surface area contributed by atoms with E-state index in [-0.39, 0.29) is 17.4 Å². The number of carbonyl (C=O) groups is 1. The lowest BCUT2D eigenvalue weighted by atomic mass is 9.98. The number of hydrogen-bond donors (Lipinski definition) is 1. The molecule has 1 N–H and O–H groups in total. The third kappa shape index (κ3) is 3.04. The molecule has 112 valence electrons. The maximum absolute atomic E-state index is 12.3. The molecular weight excluding hydrogens is 270 g/mol. The molecule has 0 saturated heterocycles. The van der Waals surface area contributed by atoms with Gasteiger partial charge in [-0.3, -0.25) is 9.59 Å². The summed E-state index contributed by atoms with van der Waals surface area (Å²) in [6, 6.07) is 3.05. The van der Waals surface area contributed by atoms with E-state index >= 15 is 0 Å². The highest BCUT2D eigenvalue weighted by atomic mass is 16.5. The SMILES string of the molecule is CCn1cc(NC(=O)C(C)c2c(C)noc2C)ccc1=O. The van der Waals surface area contributed by atoms with Crippen LogP contribution in [0.4, 0.5) is 5.69 Å². The first kappa shape index (κ1) is 15.0. The maximum Gasteiger partial charge on any atom is 0.250 e. The van der Waals surface area contributed by atoms with Gasteiger partial charge in [-0.05, 0) is 33.8 Å². The van der Waals surface area contributed by atoms with E-state index in [1.807, 2.05) is 13.8 Å². The van der Waals surface area contributed by atoms with Crippen molar-refractivity contribution in [3.8, 4) is 0 Å². The number of amides is 1. The number of anilines is 1. The molecule has 1 amide bonds. The van der Waals surface area contributed by atoms with Crippen molar-refractivity contribution in [2.24, 2.45) is 0 Å². The van der Waals surface area contributed by atoms with Crippen molar-refractivity contribution in [1.29, 1.82) is 0 Å². The Hall–Kier alpha value is -2.37. The number of nitrogens with one attached hydrogen (secondary N) is 1. The van der Waals surface area contributed by atoms with Crippen LogP contribution in [0.15, 0.2) is 27.6 Å². The van der Waals surface area contributed by atoms with Crippen molar-refractivity contribution in [3.63, 3.8) is 0 Å². The molecule has 0 spiro atoms. The lowest BCUT2D eigenvalue weighted by Gasteiger charge is -2.13. The van der Waals surface area contributed by atoms with Gasteiger partial charge < -0.3 is 14.4 Å². The summed E-state index contributed by atoms with van der Waals surface area (Å²) in [4.78, 5) is 23.9. The van der Waals surface area contributed by atoms with E-state index in [0.29, 0.717) is 23.7 Å². The molecule has 2 rings (SSSR count). The second-order valence-corrected chi connectivity index (χ2v) is 4.99. The van der Waals surface area contributed by atoms with Gasteiger partial charge in [0.25, 0.3) is 5.56 Å². The largest absolute Gasteiger partial charge is 0.361 e. The molecule has 0 aromatic carbocycles. The van der Waals surface area contributed by atoms with Gasteiger partial charge in [0.1, 0.15) is 5.76 Å². The lowest BCUT2D eigenvalue weighted by Crippen LogP contribution is -2.22. The number of pyridine rings is 1. The Morgan fingerprint density at radius 2 is 2.14 bits per heavy atom. The Labute approximate surface area is 122 Å². The van der Waals surface area contributed by atoms with E-state index in [9.17, 15) is 9.59 Å². The second-order valence-electron chi connectivity index (χ2n) is 4.99. The lowest BCUT2D eigenvalue weighted by molar-refractivity contribution is -0.117. The molecule has 21 heavy (non-hydrogen) atoms. The van der Waals surface area contributed by atoms with Crippen LogP contribution in [-0.2, 0) is 11.3 Å². The molecule has 1 atom stereocenters. The molecule has 2 heterocycles. The molecule has 0 saturated carbocycles. The van der Waals surface area contributed by atoms with Crippen LogP contribution in [0, 0.1) is 13.8 Å². The topological polar surface area (TPSA) is 77.1 Å². The molecule has 1 unspecified atom stereocenters. The van der Waals surface area contributed by atoms with E-state index in [1.54, 1.807) is 26.1 Å². The molecule has 0 fully saturated rings. The minimum absolute atomic E-state index is 0.0886. The van der Waals surface area contributed by atoms with Gasteiger partial charge in [0.05, 0.1) is 17.3 Å². The summed E-state index contributed by atoms with van der Waals surface area (Å²) in [6.07, 6.45) is 1.64. The van der Waals surface area contributed by atoms with Crippen molar-refractivity contribution in [1.82, 2.24) is 9.72 Å². The van der Waals surface area contributed by atoms with E-state index in [0.717, 1.165) is 5.56 Å². The normalized spacial score (nSPS) is 12.2. The van der Waals surface area contributed by atoms with Gasteiger partial charge >= 0.3 is 0 Å². The summed E-state index contributed by atoms with van der Waals surface area (Å²) in [7, 11) is 0. The fourth-order valence-corrected chi connectivity index (χ4v) is 2.34. The van der Waals surface area contributed by atoms with Gasteiger partial charge in [0.2, 0.25) is 5.91 Å². The number of carbonyl (C=O) groups excluding carboxylic acids is 1. The van der Waals surface area contributed by atoms with Crippen LogP contribution in [0.25, 0.3) is 0 Å². The maximum atomic E-state index is 12.3. The summed E-state index contributed by atoms with van der Waals surface area (Å²) in [5.74, 6) is 0.109. The van der Waals surface area contributed by atoms with Crippen molar-refractivity contribution in [3.05, 3.63) is 45.7 Å². The minimum atomic E-state index is -0.377. The molecule has 2 aromatic heterocycles. The summed E-state index contributed by atoms with van der Waals surface area (Å²) in [5, 5.41) is 6.68. The molecule has 0 aliphatic carbocycles. The van der Waals surface area contributed by atoms with E-state index in [2.05, 4.69) is 10.5 Å². The van der Waals surface area contributed by atoms with Crippen LogP contribution in [0.3, 0.4) is 0 Å². The first-order chi connectivity index (χ1) is 9.93. The Balaban J connectivity index is 2.20. The van der Waals surface area contributed by atoms with Gasteiger partial charge in [-0.2, -0.15) is 0 Å². The highest BCUT2D eigenvalue weighted by Crippen LogP contribution is 2.24. The average Bonchev–Trinajstić information content (AvgIpc) is 2.79. The second kappa shape index (κ2) is 5.95. The Morgan fingerprint density at radius 3 is 2.71 bits per heavy atom. The number of aromatic nitrogens is 2. The predicted octanol–water partition coefficient (Wildman–Crippen LogP) is 2.22. The first-order valence-corrected chi connectivity index (χ1v) is 6.88. The quantitative estimate of drug-likeness (QED) is 0.936. The molecule has 0 radical (unpaired) electrons. The highest BCUT2D eigenvalue weighted by molar-refractivity contribution is 5.95. The van der Waals surface area contributed by atoms with Crippen molar-refractivity contribution < 1.29 is 9.32 Å². The van der Waals surface area contributed by atoms with Crippen molar-refractivity contribution in [2.45, 2.75) is 40.2 Å². The van der Waals surface area contributed by atoms with Gasteiger partial charge in [-0.15, -0.1) is 0 Å². The van der Waals surface area contributed by atoms with Crippen molar-refractivity contribution in [2.75, 3.05) is 5.32 Å². The zero-order valence-corrected chi connectivity index (χ0v) is 12.6. The standard InChI is InChI=1S/C15H19N3O3/c1-5-18-8-12(6-7-13(18)19)16-15(20)9(2)14-10(3)17-21-11(14)4/h6-9H,5H2,1-4H3,(H,16,20). The van der Waals surface area contributed by atoms with Crippen molar-refractivity contribution >= 4 is 11.6 Å². The Morgan fingerprint density at radius 1 is 1.43 bits per heavy atom. The van der Waals surface area contributed by atoms with Crippen LogP contribution in [0.5, 0.6) is 0 Å². The predicted molar refractivity (Wildman–Crippen MR) is 79.4 cm³/mol. The fraction of sp³-hybridized carbons (Fsp3) is 0.400. The van der Waals surface area contributed by atoms with E-state index in [1.165, 1.54) is 10.6 Å². The van der Waals surface area contributed by atoms with Gasteiger partial charge in [-0.25, -0.2) is 0 Å². The summed E-state index contributed by atoms with van der Waals surface area (Å²) >= 11 is 0. The molecule has 0 aliphatic heterocycles. The zero-order chi connectivity index (χ0) is 15.6. The third-order valence-electron chi connectivity index (χ3n) is 3.51. The van der Waals surface area contributed by atoms with Crippen LogP contribution >= 0.6 is 0 Å². The molecule has 0 aliphatic rings. The summed E-state index contributed by atoms with van der Waals surface area (Å²) in [5.41, 5.74) is 2.03. The monoisotopic (exact) mass is 289 g/mol. The third-order valence-corrected chi connectivity index (χ3v) is 3.51. The zero-order valence-electron chi connectivity index (χ0n) is 12.6. The number of nitrogens with zero attached hydrogens (tertiary/aromatic N) is 2. The number of rotatable bonds is 4. The average molecular weight is 289 g/mol. The van der Waals surface area contributed by atoms with E-state index < -0.39 is 0 Å². The fourth-order valence-electron chi connectivity index (χ4n) is 2.34. The van der Waals surface area contributed by atoms with Gasteiger partial charge in [0, 0.05) is 24.4 Å². The Bertz CT molecular complexity index is 696. The highest BCUT2D eigenvalue weighted by Gasteiger charge is 2.23. The molecule has 6 heteroatoms. The summed E-state index contributed by atoms with van der Waals surface area (Å²) in [6.45, 7) is 7.84. The summed E-state index contributed by atoms with van der Waals surface area (Å²) < 4.78 is 6.63. The van der Waals surface area contributed by atoms with E-state index in [4.69, 9.17) is 4.52 Å². The smallest absolute Gasteiger partial charge is 0.250 e. The van der Waals surface area contributed by atoms with Crippen LogP contribution in [0.2, 0.25) is 0 Å². The number of hydrogen-bond acceptors (Lipinski definition) is 4. The number of aryl methyl sites for hydroxylation is 3. The molecule has 6 nitrogen and oxygen atoms in total. The van der Waals surface area contributed by atoms with Crippen LogP contribution in [-0.4, -0.2) is 15.6 Å². The van der Waals surface area contributed by atoms with Crippen LogP contribution in [0.1, 0.15) is 36.8 Å². The van der Waals surface area contributed by atoms with Crippen LogP contribution < -0.4 is 10.9 Å². The molecular formula is C15H19N3O3. The molecule has 2 aromatic rings. The minimum Gasteiger partial charge on any atom is -0.361 e.